The smallest absolute Gasteiger partial charge is 0.0518 e. The van der Waals surface area contributed by atoms with E-state index < -0.39 is 0 Å². The molecule has 0 aromatic rings. The first-order valence-corrected chi connectivity index (χ1v) is 7.13. The van der Waals surface area contributed by atoms with Gasteiger partial charge in [-0.1, -0.05) is 0 Å². The highest BCUT2D eigenvalue weighted by Gasteiger charge is 2.21. The van der Waals surface area contributed by atoms with E-state index in [1.165, 1.54) is 25.9 Å². The minimum atomic E-state index is 0.361. The molecule has 0 spiro atoms. The quantitative estimate of drug-likeness (QED) is 0.692. The molecule has 0 radical (unpaired) electrons. The van der Waals surface area contributed by atoms with Gasteiger partial charge >= 0.3 is 0 Å². The lowest BCUT2D eigenvalue weighted by molar-refractivity contribution is 0.0759. The zero-order valence-electron chi connectivity index (χ0n) is 12.0. The van der Waals surface area contributed by atoms with Crippen LogP contribution in [0.1, 0.15) is 40.0 Å². The Bertz CT molecular complexity index is 197. The van der Waals surface area contributed by atoms with Crippen LogP contribution in [0.4, 0.5) is 0 Å². The second-order valence-corrected chi connectivity index (χ2v) is 5.68. The fourth-order valence-corrected chi connectivity index (χ4v) is 2.50. The van der Waals surface area contributed by atoms with Crippen molar-refractivity contribution in [1.82, 2.24) is 10.2 Å². The number of piperidine rings is 1. The molecule has 3 nitrogen and oxygen atoms in total. The van der Waals surface area contributed by atoms with Crippen LogP contribution in [0, 0.1) is 5.92 Å². The van der Waals surface area contributed by atoms with Gasteiger partial charge in [0.15, 0.2) is 0 Å². The molecule has 17 heavy (non-hydrogen) atoms. The van der Waals surface area contributed by atoms with Crippen molar-refractivity contribution >= 4 is 0 Å². The van der Waals surface area contributed by atoms with Crippen LogP contribution in [0.15, 0.2) is 0 Å². The predicted octanol–water partition coefficient (Wildman–Crippen LogP) is 2.12. The van der Waals surface area contributed by atoms with Gasteiger partial charge in [0.1, 0.15) is 0 Å². The van der Waals surface area contributed by atoms with Gasteiger partial charge in [0.05, 0.1) is 6.10 Å². The number of hydrogen-bond acceptors (Lipinski definition) is 3. The average molecular weight is 242 g/mol. The Morgan fingerprint density at radius 2 is 2.12 bits per heavy atom. The van der Waals surface area contributed by atoms with Gasteiger partial charge < -0.3 is 15.0 Å². The van der Waals surface area contributed by atoms with E-state index in [-0.39, 0.29) is 0 Å². The summed E-state index contributed by atoms with van der Waals surface area (Å²) >= 11 is 0. The second kappa shape index (κ2) is 8.06. The molecule has 1 heterocycles. The molecule has 2 atom stereocenters. The monoisotopic (exact) mass is 242 g/mol. The zero-order chi connectivity index (χ0) is 12.7. The topological polar surface area (TPSA) is 24.5 Å². The largest absolute Gasteiger partial charge is 0.379 e. The SMILES string of the molecule is CC(C)OCCCNC(C)C1CCCN(C)C1. The van der Waals surface area contributed by atoms with E-state index in [4.69, 9.17) is 4.74 Å². The Morgan fingerprint density at radius 3 is 2.76 bits per heavy atom. The van der Waals surface area contributed by atoms with Crippen LogP contribution in [0.25, 0.3) is 0 Å². The maximum Gasteiger partial charge on any atom is 0.0518 e. The Hall–Kier alpha value is -0.120. The van der Waals surface area contributed by atoms with Gasteiger partial charge in [-0.15, -0.1) is 0 Å². The molecule has 0 aliphatic carbocycles. The highest BCUT2D eigenvalue weighted by Crippen LogP contribution is 2.18. The summed E-state index contributed by atoms with van der Waals surface area (Å²) in [5.41, 5.74) is 0. The highest BCUT2D eigenvalue weighted by atomic mass is 16.5. The minimum absolute atomic E-state index is 0.361. The number of likely N-dealkylation sites (tertiary alicyclic amines) is 1. The predicted molar refractivity (Wildman–Crippen MR) is 73.4 cm³/mol. The van der Waals surface area contributed by atoms with Crippen molar-refractivity contribution in [2.24, 2.45) is 5.92 Å². The number of hydrogen-bond donors (Lipinski definition) is 1. The molecule has 1 aliphatic heterocycles. The molecule has 0 saturated carbocycles. The van der Waals surface area contributed by atoms with Gasteiger partial charge in [-0.2, -0.15) is 0 Å². The van der Waals surface area contributed by atoms with E-state index in [2.05, 4.69) is 38.0 Å². The van der Waals surface area contributed by atoms with Crippen LogP contribution in [-0.2, 0) is 4.74 Å². The first-order chi connectivity index (χ1) is 8.09. The maximum absolute atomic E-state index is 5.54. The molecular formula is C14H30N2O. The number of nitrogens with one attached hydrogen (secondary N) is 1. The fraction of sp³-hybridized carbons (Fsp3) is 1.00. The van der Waals surface area contributed by atoms with Gasteiger partial charge in [-0.05, 0) is 66.1 Å². The van der Waals surface area contributed by atoms with Crippen LogP contribution in [-0.4, -0.2) is 50.3 Å². The van der Waals surface area contributed by atoms with Crippen molar-refractivity contribution in [2.45, 2.75) is 52.2 Å². The molecule has 2 unspecified atom stereocenters. The van der Waals surface area contributed by atoms with Crippen LogP contribution < -0.4 is 5.32 Å². The summed E-state index contributed by atoms with van der Waals surface area (Å²) in [7, 11) is 2.23. The van der Waals surface area contributed by atoms with Gasteiger partial charge in [0.25, 0.3) is 0 Å². The van der Waals surface area contributed by atoms with E-state index >= 15 is 0 Å². The summed E-state index contributed by atoms with van der Waals surface area (Å²) < 4.78 is 5.54. The van der Waals surface area contributed by atoms with E-state index in [0.717, 1.165) is 25.5 Å². The van der Waals surface area contributed by atoms with Gasteiger partial charge in [0, 0.05) is 19.2 Å². The van der Waals surface area contributed by atoms with Gasteiger partial charge in [-0.25, -0.2) is 0 Å². The molecule has 1 saturated heterocycles. The third-order valence-electron chi connectivity index (χ3n) is 3.61. The van der Waals surface area contributed by atoms with Crippen molar-refractivity contribution in [3.05, 3.63) is 0 Å². The fourth-order valence-electron chi connectivity index (χ4n) is 2.50. The Balaban J connectivity index is 2.05. The first-order valence-electron chi connectivity index (χ1n) is 7.13. The summed E-state index contributed by atoms with van der Waals surface area (Å²) in [6.07, 6.45) is 4.20. The van der Waals surface area contributed by atoms with Gasteiger partial charge in [0.2, 0.25) is 0 Å². The number of ether oxygens (including phenoxy) is 1. The molecule has 0 amide bonds. The first kappa shape index (κ1) is 14.9. The normalized spacial score (nSPS) is 24.2. The molecule has 0 bridgehead atoms. The van der Waals surface area contributed by atoms with Crippen molar-refractivity contribution < 1.29 is 4.74 Å². The van der Waals surface area contributed by atoms with Crippen molar-refractivity contribution in [3.8, 4) is 0 Å². The van der Waals surface area contributed by atoms with Crippen LogP contribution in [0.3, 0.4) is 0 Å². The van der Waals surface area contributed by atoms with Crippen LogP contribution >= 0.6 is 0 Å². The molecule has 1 fully saturated rings. The molecule has 1 aliphatic rings. The van der Waals surface area contributed by atoms with Crippen LogP contribution in [0.2, 0.25) is 0 Å². The third-order valence-corrected chi connectivity index (χ3v) is 3.61. The molecule has 1 rings (SSSR count). The average Bonchev–Trinajstić information content (AvgIpc) is 2.28. The summed E-state index contributed by atoms with van der Waals surface area (Å²) in [5.74, 6) is 0.819. The van der Waals surface area contributed by atoms with Crippen molar-refractivity contribution in [3.63, 3.8) is 0 Å². The lowest BCUT2D eigenvalue weighted by Gasteiger charge is -2.34. The molecule has 0 aromatic heterocycles. The van der Waals surface area contributed by atoms with E-state index in [1.54, 1.807) is 0 Å². The van der Waals surface area contributed by atoms with Gasteiger partial charge in [-0.3, -0.25) is 0 Å². The molecule has 102 valence electrons. The third kappa shape index (κ3) is 6.39. The lowest BCUT2D eigenvalue weighted by Crippen LogP contribution is -2.43. The lowest BCUT2D eigenvalue weighted by atomic mass is 9.92. The number of rotatable bonds is 7. The Labute approximate surface area is 107 Å². The zero-order valence-corrected chi connectivity index (χ0v) is 12.0. The van der Waals surface area contributed by atoms with E-state index in [0.29, 0.717) is 12.1 Å². The summed E-state index contributed by atoms with van der Waals surface area (Å²) in [6.45, 7) is 11.0. The van der Waals surface area contributed by atoms with E-state index in [1.807, 2.05) is 0 Å². The molecule has 1 N–H and O–H groups in total. The Kier molecular flexibility index (Phi) is 7.09. The molecule has 0 aromatic carbocycles. The van der Waals surface area contributed by atoms with E-state index in [9.17, 15) is 0 Å². The standard InChI is InChI=1S/C14H30N2O/c1-12(2)17-10-6-8-15-13(3)14-7-5-9-16(4)11-14/h12-15H,5-11H2,1-4H3. The summed E-state index contributed by atoms with van der Waals surface area (Å²) in [4.78, 5) is 2.45. The number of nitrogens with zero attached hydrogens (tertiary/aromatic N) is 1. The molecule has 3 heteroatoms. The summed E-state index contributed by atoms with van der Waals surface area (Å²) in [6, 6.07) is 0.636. The van der Waals surface area contributed by atoms with Crippen molar-refractivity contribution in [1.29, 1.82) is 0 Å². The maximum atomic E-state index is 5.54. The second-order valence-electron chi connectivity index (χ2n) is 5.68. The minimum Gasteiger partial charge on any atom is -0.379 e. The van der Waals surface area contributed by atoms with Crippen LogP contribution in [0.5, 0.6) is 0 Å². The van der Waals surface area contributed by atoms with Crippen molar-refractivity contribution in [2.75, 3.05) is 33.3 Å². The highest BCUT2D eigenvalue weighted by molar-refractivity contribution is 4.78. The Morgan fingerprint density at radius 1 is 1.35 bits per heavy atom. The summed E-state index contributed by atoms with van der Waals surface area (Å²) in [5, 5.41) is 3.64. The molecular weight excluding hydrogens is 212 g/mol.